The molecule has 20 heavy (non-hydrogen) atoms. The zero-order chi connectivity index (χ0) is 14.9. The molecule has 2 rings (SSSR count). The Balaban J connectivity index is 2.40. The third-order valence-corrected chi connectivity index (χ3v) is 4.90. The van der Waals surface area contributed by atoms with E-state index in [-0.39, 0.29) is 17.7 Å². The van der Waals surface area contributed by atoms with Crippen molar-refractivity contribution in [3.05, 3.63) is 16.0 Å². The molecular formula is C15H22N2O2S. The van der Waals surface area contributed by atoms with Crippen LogP contribution in [0.3, 0.4) is 0 Å². The molecule has 2 N–H and O–H groups in total. The Labute approximate surface area is 124 Å². The minimum atomic E-state index is -0.101. The van der Waals surface area contributed by atoms with Gasteiger partial charge in [-0.2, -0.15) is 0 Å². The van der Waals surface area contributed by atoms with Crippen LogP contribution in [0.15, 0.2) is 0 Å². The molecule has 0 saturated heterocycles. The van der Waals surface area contributed by atoms with E-state index in [0.717, 1.165) is 24.8 Å². The Hall–Kier alpha value is -1.36. The summed E-state index contributed by atoms with van der Waals surface area (Å²) < 4.78 is 0. The van der Waals surface area contributed by atoms with Gasteiger partial charge in [-0.1, -0.05) is 20.8 Å². The summed E-state index contributed by atoms with van der Waals surface area (Å²) in [6.45, 7) is 5.93. The van der Waals surface area contributed by atoms with Crippen LogP contribution in [-0.2, 0) is 17.6 Å². The van der Waals surface area contributed by atoms with Gasteiger partial charge in [0.2, 0.25) is 5.91 Å². The maximum absolute atomic E-state index is 12.1. The Morgan fingerprint density at radius 2 is 2.05 bits per heavy atom. The molecule has 0 aliphatic heterocycles. The standard InChI is InChI=1S/C15H22N2O2S/c1-8(2)13(18)17-15-12(14(19)16-4)10-6-5-9(3)7-11(10)20-15/h8-9H,5-7H2,1-4H3,(H,16,19)(H,17,18)/t9-/m0/s1. The normalized spacial score (nSPS) is 17.8. The summed E-state index contributed by atoms with van der Waals surface area (Å²) in [5.41, 5.74) is 1.81. The van der Waals surface area contributed by atoms with Crippen LogP contribution in [0.25, 0.3) is 0 Å². The molecule has 1 aromatic heterocycles. The van der Waals surface area contributed by atoms with Crippen LogP contribution in [0.2, 0.25) is 0 Å². The van der Waals surface area contributed by atoms with Crippen molar-refractivity contribution >= 4 is 28.2 Å². The fraction of sp³-hybridized carbons (Fsp3) is 0.600. The van der Waals surface area contributed by atoms with Gasteiger partial charge in [0.05, 0.1) is 5.56 Å². The molecule has 5 heteroatoms. The Kier molecular flexibility index (Phi) is 4.48. The number of nitrogens with one attached hydrogen (secondary N) is 2. The van der Waals surface area contributed by atoms with Gasteiger partial charge in [-0.15, -0.1) is 11.3 Å². The second kappa shape index (κ2) is 5.95. The number of carbonyl (C=O) groups is 2. The van der Waals surface area contributed by atoms with E-state index in [0.29, 0.717) is 16.5 Å². The molecule has 0 fully saturated rings. The highest BCUT2D eigenvalue weighted by atomic mass is 32.1. The van der Waals surface area contributed by atoms with Gasteiger partial charge in [-0.25, -0.2) is 0 Å². The average Bonchev–Trinajstić information content (AvgIpc) is 2.74. The lowest BCUT2D eigenvalue weighted by Gasteiger charge is -2.18. The van der Waals surface area contributed by atoms with Crippen LogP contribution in [0.5, 0.6) is 0 Å². The minimum Gasteiger partial charge on any atom is -0.355 e. The zero-order valence-electron chi connectivity index (χ0n) is 12.5. The highest BCUT2D eigenvalue weighted by molar-refractivity contribution is 7.17. The summed E-state index contributed by atoms with van der Waals surface area (Å²) in [6, 6.07) is 0. The Morgan fingerprint density at radius 3 is 2.65 bits per heavy atom. The smallest absolute Gasteiger partial charge is 0.254 e. The number of anilines is 1. The summed E-state index contributed by atoms with van der Waals surface area (Å²) in [5.74, 6) is 0.413. The summed E-state index contributed by atoms with van der Waals surface area (Å²) in [7, 11) is 1.63. The molecule has 2 amide bonds. The van der Waals surface area contributed by atoms with E-state index < -0.39 is 0 Å². The molecule has 1 heterocycles. The summed E-state index contributed by atoms with van der Waals surface area (Å²) in [5, 5.41) is 6.31. The van der Waals surface area contributed by atoms with Crippen molar-refractivity contribution < 1.29 is 9.59 Å². The number of thiophene rings is 1. The number of fused-ring (bicyclic) bond motifs is 1. The molecule has 0 aromatic carbocycles. The van der Waals surface area contributed by atoms with Gasteiger partial charge >= 0.3 is 0 Å². The lowest BCUT2D eigenvalue weighted by Crippen LogP contribution is -2.23. The predicted molar refractivity (Wildman–Crippen MR) is 82.4 cm³/mol. The molecule has 1 aromatic rings. The van der Waals surface area contributed by atoms with Crippen molar-refractivity contribution in [2.45, 2.75) is 40.0 Å². The number of carbonyl (C=O) groups excluding carboxylic acids is 2. The third-order valence-electron chi connectivity index (χ3n) is 3.73. The van der Waals surface area contributed by atoms with E-state index in [2.05, 4.69) is 17.6 Å². The average molecular weight is 294 g/mol. The molecule has 110 valence electrons. The maximum Gasteiger partial charge on any atom is 0.254 e. The highest BCUT2D eigenvalue weighted by Crippen LogP contribution is 2.39. The van der Waals surface area contributed by atoms with Crippen LogP contribution in [0, 0.1) is 11.8 Å². The highest BCUT2D eigenvalue weighted by Gasteiger charge is 2.28. The van der Waals surface area contributed by atoms with E-state index in [4.69, 9.17) is 0 Å². The molecule has 1 aliphatic carbocycles. The van der Waals surface area contributed by atoms with E-state index in [1.54, 1.807) is 18.4 Å². The second-order valence-corrected chi connectivity index (χ2v) is 6.88. The van der Waals surface area contributed by atoms with Gasteiger partial charge in [0, 0.05) is 17.8 Å². The van der Waals surface area contributed by atoms with E-state index in [1.807, 2.05) is 13.8 Å². The quantitative estimate of drug-likeness (QED) is 0.900. The van der Waals surface area contributed by atoms with Gasteiger partial charge in [-0.3, -0.25) is 9.59 Å². The van der Waals surface area contributed by atoms with E-state index in [9.17, 15) is 9.59 Å². The van der Waals surface area contributed by atoms with Gasteiger partial charge in [0.15, 0.2) is 0 Å². The van der Waals surface area contributed by atoms with E-state index in [1.165, 1.54) is 4.88 Å². The van der Waals surface area contributed by atoms with Crippen LogP contribution >= 0.6 is 11.3 Å². The van der Waals surface area contributed by atoms with Crippen molar-refractivity contribution in [1.29, 1.82) is 0 Å². The minimum absolute atomic E-state index is 0.0400. The van der Waals surface area contributed by atoms with Gasteiger partial charge in [0.1, 0.15) is 5.00 Å². The third kappa shape index (κ3) is 2.87. The van der Waals surface area contributed by atoms with Crippen molar-refractivity contribution in [2.24, 2.45) is 11.8 Å². The van der Waals surface area contributed by atoms with Crippen molar-refractivity contribution in [1.82, 2.24) is 5.32 Å². The van der Waals surface area contributed by atoms with Gasteiger partial charge in [-0.05, 0) is 30.7 Å². The van der Waals surface area contributed by atoms with Crippen LogP contribution in [0.1, 0.15) is 48.0 Å². The summed E-state index contributed by atoms with van der Waals surface area (Å²) >= 11 is 1.56. The fourth-order valence-corrected chi connectivity index (χ4v) is 3.87. The Bertz CT molecular complexity index is 534. The SMILES string of the molecule is CNC(=O)c1c(NC(=O)C(C)C)sc2c1CC[C@H](C)C2. The van der Waals surface area contributed by atoms with Crippen molar-refractivity contribution in [3.63, 3.8) is 0 Å². The molecule has 0 saturated carbocycles. The van der Waals surface area contributed by atoms with Crippen molar-refractivity contribution in [3.8, 4) is 0 Å². The molecule has 1 aliphatic rings. The first kappa shape index (κ1) is 15.0. The molecule has 0 radical (unpaired) electrons. The van der Waals surface area contributed by atoms with Crippen molar-refractivity contribution in [2.75, 3.05) is 12.4 Å². The first-order valence-electron chi connectivity index (χ1n) is 7.11. The largest absolute Gasteiger partial charge is 0.355 e. The topological polar surface area (TPSA) is 58.2 Å². The number of hydrogen-bond donors (Lipinski definition) is 2. The molecule has 4 nitrogen and oxygen atoms in total. The first-order valence-corrected chi connectivity index (χ1v) is 7.93. The second-order valence-electron chi connectivity index (χ2n) is 5.78. The zero-order valence-corrected chi connectivity index (χ0v) is 13.3. The van der Waals surface area contributed by atoms with E-state index >= 15 is 0 Å². The molecule has 0 bridgehead atoms. The van der Waals surface area contributed by atoms with Crippen LogP contribution < -0.4 is 10.6 Å². The van der Waals surface area contributed by atoms with Gasteiger partial charge in [0.25, 0.3) is 5.91 Å². The maximum atomic E-state index is 12.1. The fourth-order valence-electron chi connectivity index (χ4n) is 2.46. The van der Waals surface area contributed by atoms with Crippen LogP contribution in [-0.4, -0.2) is 18.9 Å². The van der Waals surface area contributed by atoms with Crippen LogP contribution in [0.4, 0.5) is 5.00 Å². The summed E-state index contributed by atoms with van der Waals surface area (Å²) in [6.07, 6.45) is 3.03. The number of rotatable bonds is 3. The Morgan fingerprint density at radius 1 is 1.35 bits per heavy atom. The molecule has 1 atom stereocenters. The molecule has 0 unspecified atom stereocenters. The number of amides is 2. The number of hydrogen-bond acceptors (Lipinski definition) is 3. The summed E-state index contributed by atoms with van der Waals surface area (Å²) in [4.78, 5) is 25.3. The predicted octanol–water partition coefficient (Wildman–Crippen LogP) is 2.83. The molecule has 0 spiro atoms. The lowest BCUT2D eigenvalue weighted by atomic mass is 9.88. The molecular weight excluding hydrogens is 272 g/mol. The monoisotopic (exact) mass is 294 g/mol. The first-order chi connectivity index (χ1) is 9.43. The van der Waals surface area contributed by atoms with Gasteiger partial charge < -0.3 is 10.6 Å². The lowest BCUT2D eigenvalue weighted by molar-refractivity contribution is -0.118.